The lowest BCUT2D eigenvalue weighted by atomic mass is 9.68. The number of aromatic nitrogens is 5. The van der Waals surface area contributed by atoms with Gasteiger partial charge in [0, 0.05) is 24.8 Å². The van der Waals surface area contributed by atoms with Crippen LogP contribution in [0.1, 0.15) is 25.3 Å². The fraction of sp³-hybridized carbons (Fsp3) is 0.318. The van der Waals surface area contributed by atoms with Gasteiger partial charge in [0.15, 0.2) is 5.82 Å². The molecule has 8 nitrogen and oxygen atoms in total. The van der Waals surface area contributed by atoms with Crippen LogP contribution in [0.4, 0.5) is 5.69 Å². The van der Waals surface area contributed by atoms with E-state index in [-0.39, 0.29) is 0 Å². The number of nitrogens with one attached hydrogen (secondary N) is 1. The van der Waals surface area contributed by atoms with Crippen molar-refractivity contribution in [2.24, 2.45) is 13.0 Å². The molecule has 31 heavy (non-hydrogen) atoms. The zero-order valence-electron chi connectivity index (χ0n) is 17.6. The van der Waals surface area contributed by atoms with E-state index in [4.69, 9.17) is 4.74 Å². The molecule has 0 aliphatic heterocycles. The fourth-order valence-corrected chi connectivity index (χ4v) is 4.94. The molecule has 5 rings (SSSR count). The van der Waals surface area contributed by atoms with E-state index in [2.05, 4.69) is 26.8 Å². The smallest absolute Gasteiger partial charge is 0.153 e. The van der Waals surface area contributed by atoms with Crippen LogP contribution < -0.4 is 9.46 Å². The second-order valence-electron chi connectivity index (χ2n) is 8.12. The molecule has 1 saturated carbocycles. The van der Waals surface area contributed by atoms with E-state index in [9.17, 15) is 5.11 Å². The Morgan fingerprint density at radius 1 is 1.23 bits per heavy atom. The quantitative estimate of drug-likeness (QED) is 0.443. The summed E-state index contributed by atoms with van der Waals surface area (Å²) in [4.78, 5) is 5.35. The number of nitrogens with zero attached hydrogens (tertiary/aromatic N) is 5. The monoisotopic (exact) mass is 436 g/mol. The van der Waals surface area contributed by atoms with Crippen molar-refractivity contribution in [3.8, 4) is 11.6 Å². The van der Waals surface area contributed by atoms with Crippen LogP contribution in [-0.4, -0.2) is 36.8 Å². The second-order valence-corrected chi connectivity index (χ2v) is 9.00. The van der Waals surface area contributed by atoms with Crippen molar-refractivity contribution in [2.45, 2.75) is 30.3 Å². The number of methoxy groups -OCH3 is 1. The molecule has 9 heteroatoms. The molecule has 0 saturated heterocycles. The van der Waals surface area contributed by atoms with E-state index < -0.39 is 5.60 Å². The van der Waals surface area contributed by atoms with Crippen LogP contribution in [0.3, 0.4) is 0 Å². The number of fused-ring (bicyclic) bond motifs is 1. The van der Waals surface area contributed by atoms with Gasteiger partial charge >= 0.3 is 0 Å². The number of hydrogen-bond donors (Lipinski definition) is 2. The van der Waals surface area contributed by atoms with Gasteiger partial charge in [-0.25, -0.2) is 9.67 Å². The average molecular weight is 437 g/mol. The molecule has 160 valence electrons. The Balaban J connectivity index is 1.37. The summed E-state index contributed by atoms with van der Waals surface area (Å²) in [5, 5.41) is 20.6. The summed E-state index contributed by atoms with van der Waals surface area (Å²) in [6, 6.07) is 7.72. The van der Waals surface area contributed by atoms with Crippen LogP contribution in [0.15, 0.2) is 53.9 Å². The van der Waals surface area contributed by atoms with Gasteiger partial charge in [-0.05, 0) is 60.5 Å². The molecular weight excluding hydrogens is 412 g/mol. The van der Waals surface area contributed by atoms with Gasteiger partial charge in [0.25, 0.3) is 0 Å². The third-order valence-electron chi connectivity index (χ3n) is 5.80. The molecule has 0 atom stereocenters. The number of ether oxygens (including phenoxy) is 1. The highest BCUT2D eigenvalue weighted by atomic mass is 32.2. The molecule has 1 aliphatic rings. The minimum Gasteiger partial charge on any atom is -0.494 e. The number of pyridine rings is 1. The Morgan fingerprint density at radius 3 is 2.84 bits per heavy atom. The maximum absolute atomic E-state index is 10.8. The van der Waals surface area contributed by atoms with Gasteiger partial charge in [0.05, 0.1) is 35.5 Å². The van der Waals surface area contributed by atoms with E-state index in [0.29, 0.717) is 11.7 Å². The van der Waals surface area contributed by atoms with Crippen LogP contribution in [0.2, 0.25) is 0 Å². The number of benzene rings is 1. The Bertz CT molecular complexity index is 1240. The summed E-state index contributed by atoms with van der Waals surface area (Å²) in [6.07, 6.45) is 8.81. The van der Waals surface area contributed by atoms with Crippen molar-refractivity contribution in [1.82, 2.24) is 24.5 Å². The SMILES string of the molecule is COc1ccc2cnn(C)c2c1NSc1cnn(-c2cc(C3(O)CC(C)C3)ccn2)c1. The Labute approximate surface area is 184 Å². The molecule has 2 N–H and O–H groups in total. The Kier molecular flexibility index (Phi) is 4.86. The van der Waals surface area contributed by atoms with Crippen molar-refractivity contribution in [1.29, 1.82) is 0 Å². The van der Waals surface area contributed by atoms with E-state index >= 15 is 0 Å². The molecule has 0 bridgehead atoms. The molecule has 0 amide bonds. The van der Waals surface area contributed by atoms with E-state index in [1.165, 1.54) is 11.9 Å². The molecule has 3 heterocycles. The number of hydrogen-bond acceptors (Lipinski definition) is 7. The molecular formula is C22H24N6O2S. The third-order valence-corrected chi connectivity index (χ3v) is 6.56. The Hall–Kier alpha value is -3.04. The van der Waals surface area contributed by atoms with E-state index in [0.717, 1.165) is 45.6 Å². The number of aryl methyl sites for hydroxylation is 1. The zero-order chi connectivity index (χ0) is 21.6. The van der Waals surface area contributed by atoms with Crippen molar-refractivity contribution < 1.29 is 9.84 Å². The molecule has 1 aliphatic carbocycles. The van der Waals surface area contributed by atoms with E-state index in [1.807, 2.05) is 48.4 Å². The zero-order valence-corrected chi connectivity index (χ0v) is 18.4. The summed E-state index contributed by atoms with van der Waals surface area (Å²) >= 11 is 1.44. The van der Waals surface area contributed by atoms with Crippen molar-refractivity contribution in [2.75, 3.05) is 11.8 Å². The van der Waals surface area contributed by atoms with Gasteiger partial charge in [0.1, 0.15) is 11.4 Å². The first-order valence-corrected chi connectivity index (χ1v) is 10.9. The standard InChI is InChI=1S/C22H24N6O2S/c1-14-9-22(29,10-14)16-6-7-23-19(8-16)28-13-17(12-25-28)31-26-20-18(30-3)5-4-15-11-24-27(2)21(15)20/h4-8,11-14,26,29H,9-10H2,1-3H3. The van der Waals surface area contributed by atoms with Crippen molar-refractivity contribution in [3.63, 3.8) is 0 Å². The van der Waals surface area contributed by atoms with Crippen LogP contribution in [0.25, 0.3) is 16.7 Å². The topological polar surface area (TPSA) is 90.0 Å². The first kappa shape index (κ1) is 19.9. The molecule has 1 fully saturated rings. The van der Waals surface area contributed by atoms with Gasteiger partial charge in [-0.2, -0.15) is 10.2 Å². The summed E-state index contributed by atoms with van der Waals surface area (Å²) in [5.41, 5.74) is 1.98. The minimum atomic E-state index is -0.748. The van der Waals surface area contributed by atoms with Crippen LogP contribution in [0, 0.1) is 5.92 Å². The Morgan fingerprint density at radius 2 is 2.06 bits per heavy atom. The van der Waals surface area contributed by atoms with Crippen LogP contribution >= 0.6 is 11.9 Å². The highest BCUT2D eigenvalue weighted by Crippen LogP contribution is 2.45. The van der Waals surface area contributed by atoms with Crippen LogP contribution in [-0.2, 0) is 12.6 Å². The maximum atomic E-state index is 10.8. The molecule has 3 aromatic heterocycles. The fourth-order valence-electron chi connectivity index (χ4n) is 4.27. The van der Waals surface area contributed by atoms with Crippen LogP contribution in [0.5, 0.6) is 5.75 Å². The summed E-state index contributed by atoms with van der Waals surface area (Å²) in [7, 11) is 3.56. The normalized spacial score (nSPS) is 20.6. The molecule has 0 radical (unpaired) electrons. The minimum absolute atomic E-state index is 0.543. The largest absolute Gasteiger partial charge is 0.494 e. The molecule has 0 unspecified atom stereocenters. The predicted octanol–water partition coefficient (Wildman–Crippen LogP) is 3.90. The summed E-state index contributed by atoms with van der Waals surface area (Å²) < 4.78 is 12.5. The molecule has 0 spiro atoms. The van der Waals surface area contributed by atoms with Gasteiger partial charge in [-0.3, -0.25) is 4.68 Å². The number of anilines is 1. The van der Waals surface area contributed by atoms with Gasteiger partial charge < -0.3 is 14.6 Å². The number of rotatable bonds is 6. The first-order valence-electron chi connectivity index (χ1n) is 10.1. The summed E-state index contributed by atoms with van der Waals surface area (Å²) in [6.45, 7) is 2.15. The molecule has 1 aromatic carbocycles. The van der Waals surface area contributed by atoms with Gasteiger partial charge in [-0.15, -0.1) is 0 Å². The van der Waals surface area contributed by atoms with Gasteiger partial charge in [0.2, 0.25) is 0 Å². The lowest BCUT2D eigenvalue weighted by molar-refractivity contribution is -0.0739. The highest BCUT2D eigenvalue weighted by molar-refractivity contribution is 8.00. The van der Waals surface area contributed by atoms with E-state index in [1.54, 1.807) is 24.2 Å². The lowest BCUT2D eigenvalue weighted by Gasteiger charge is -2.42. The highest BCUT2D eigenvalue weighted by Gasteiger charge is 2.41. The number of aliphatic hydroxyl groups is 1. The second kappa shape index (κ2) is 7.58. The van der Waals surface area contributed by atoms with Gasteiger partial charge in [-0.1, -0.05) is 6.92 Å². The first-order chi connectivity index (χ1) is 15.0. The average Bonchev–Trinajstić information content (AvgIpc) is 3.38. The third kappa shape index (κ3) is 3.53. The van der Waals surface area contributed by atoms with Crippen molar-refractivity contribution in [3.05, 3.63) is 54.6 Å². The summed E-state index contributed by atoms with van der Waals surface area (Å²) in [5.74, 6) is 1.97. The van der Waals surface area contributed by atoms with Crippen molar-refractivity contribution >= 4 is 28.5 Å². The molecule has 4 aromatic rings. The maximum Gasteiger partial charge on any atom is 0.153 e. The predicted molar refractivity (Wildman–Crippen MR) is 120 cm³/mol. The lowest BCUT2D eigenvalue weighted by Crippen LogP contribution is -2.39.